The van der Waals surface area contributed by atoms with Crippen molar-refractivity contribution in [3.8, 4) is 0 Å². The highest BCUT2D eigenvalue weighted by molar-refractivity contribution is 8.00. The molecule has 0 aromatic carbocycles. The van der Waals surface area contributed by atoms with E-state index in [9.17, 15) is 118 Å². The van der Waals surface area contributed by atoms with Crippen LogP contribution in [0.5, 0.6) is 0 Å². The molecule has 2 fully saturated rings. The Bertz CT molecular complexity index is 2350. The van der Waals surface area contributed by atoms with Gasteiger partial charge >= 0.3 is 53.7 Å². The van der Waals surface area contributed by atoms with Gasteiger partial charge in [-0.2, -0.15) is 0 Å². The Morgan fingerprint density at radius 1 is 0.548 bits per heavy atom. The van der Waals surface area contributed by atoms with E-state index in [1.54, 1.807) is 0 Å². The van der Waals surface area contributed by atoms with Gasteiger partial charge in [0.2, 0.25) is 29.5 Å². The molecule has 474 valence electrons. The molecule has 0 saturated carbocycles. The van der Waals surface area contributed by atoms with E-state index in [1.807, 2.05) is 27.7 Å². The van der Waals surface area contributed by atoms with Gasteiger partial charge in [-0.05, 0) is 59.8 Å². The number of amides is 5. The van der Waals surface area contributed by atoms with E-state index in [0.29, 0.717) is 21.1 Å². The average molecular weight is 1220 g/mol. The first-order valence-electron chi connectivity index (χ1n) is 26.8. The summed E-state index contributed by atoms with van der Waals surface area (Å²) in [6.07, 6.45) is -3.81. The predicted molar refractivity (Wildman–Crippen MR) is 288 cm³/mol. The van der Waals surface area contributed by atoms with Crippen molar-refractivity contribution in [3.63, 3.8) is 0 Å². The van der Waals surface area contributed by atoms with Gasteiger partial charge in [0.25, 0.3) is 0 Å². The molecule has 2 rings (SSSR count). The molecule has 0 aromatic rings. The topological polar surface area (TPSA) is 501 Å². The number of hydrogen-bond acceptors (Lipinski definition) is 19. The zero-order valence-electron chi connectivity index (χ0n) is 47.3. The number of quaternary nitrogens is 1. The summed E-state index contributed by atoms with van der Waals surface area (Å²) < 4.78 is 0. The predicted octanol–water partition coefficient (Wildman–Crippen LogP) is -4.29. The molecule has 2 aliphatic rings. The molecule has 34 heteroatoms. The lowest BCUT2D eigenvalue weighted by Crippen LogP contribution is -3.01. The fourth-order valence-corrected chi connectivity index (χ4v) is 11.5. The lowest BCUT2D eigenvalue weighted by molar-refractivity contribution is -0.758. The third-order valence-electron chi connectivity index (χ3n) is 13.9. The van der Waals surface area contributed by atoms with Crippen LogP contribution < -0.4 is 16.0 Å². The molecular formula is C50H80N9O24S+. The number of nitrogens with two attached hydrogens (primary N) is 1. The van der Waals surface area contributed by atoms with Gasteiger partial charge in [-0.15, -0.1) is 11.8 Å². The van der Waals surface area contributed by atoms with Crippen LogP contribution in [0, 0.1) is 0 Å². The number of aliphatic carboxylic acids is 9. The van der Waals surface area contributed by atoms with Crippen molar-refractivity contribution in [3.05, 3.63) is 0 Å². The van der Waals surface area contributed by atoms with Gasteiger partial charge in [-0.3, -0.25) is 81.8 Å². The van der Waals surface area contributed by atoms with E-state index in [0.717, 1.165) is 11.8 Å². The number of carboxylic acid groups (broad SMARTS) is 9. The highest BCUT2D eigenvalue weighted by Crippen LogP contribution is 2.36. The van der Waals surface area contributed by atoms with Crippen molar-refractivity contribution in [2.45, 2.75) is 145 Å². The van der Waals surface area contributed by atoms with Crippen molar-refractivity contribution < 1.29 is 124 Å². The molecule has 2 heterocycles. The Morgan fingerprint density at radius 2 is 0.893 bits per heavy atom. The Morgan fingerprint density at radius 3 is 1.21 bits per heavy atom. The Balaban J connectivity index is 2.39. The molecule has 2 aliphatic heterocycles. The number of carbonyl (C=O) groups is 14. The summed E-state index contributed by atoms with van der Waals surface area (Å²) in [5, 5.41) is 103. The first kappa shape index (κ1) is 72.8. The minimum atomic E-state index is -1.79. The molecule has 0 radical (unpaired) electrons. The molecule has 0 bridgehead atoms. The van der Waals surface area contributed by atoms with Gasteiger partial charge in [0.15, 0.2) is 0 Å². The zero-order valence-corrected chi connectivity index (χ0v) is 48.1. The van der Waals surface area contributed by atoms with E-state index >= 15 is 0 Å². The highest BCUT2D eigenvalue weighted by atomic mass is 32.2. The third-order valence-corrected chi connectivity index (χ3v) is 15.2. The molecule has 6 atom stereocenters. The summed E-state index contributed by atoms with van der Waals surface area (Å²) in [6.45, 7) is 0.972. The molecular weight excluding hydrogens is 1140 g/mol. The number of nitrogens with one attached hydrogen (secondary N) is 2. The fourth-order valence-electron chi connectivity index (χ4n) is 10.4. The maximum absolute atomic E-state index is 14.2. The average Bonchev–Trinajstić information content (AvgIpc) is 2.03. The van der Waals surface area contributed by atoms with Gasteiger partial charge in [-0.1, -0.05) is 0 Å². The summed E-state index contributed by atoms with van der Waals surface area (Å²) >= 11 is 1.15. The number of aliphatic hydroxyl groups is 1. The van der Waals surface area contributed by atoms with Crippen LogP contribution in [0.3, 0.4) is 0 Å². The number of thioether (sulfide) groups is 1. The Hall–Kier alpha value is -7.27. The standard InChI is InChI=1S/C50H79N9O24S/c1-49(2)22-33(50(3,4)53-49)59-38(64)21-32(45(59)77)84-20-13-37(63)55(17-6-15-52-35(61)11-8-30(47(80)81)57(25-41(69)70)26-42(71)72)19-18-54(36(62)12-9-31(48(82)83)58(27-43(73)74)28-44(75)76)16-5-14-51-34(60)10-7-29(46(78)79)56(23-39(65)66)24-40(67)68/h29-33,38,53,64H,5-28H2,1-4H3,(H,51,60)(H,52,61)(H,65,66)(H,67,68)(H,69,70)(H,71,72)(H,73,74)(H,75,76)(H,78,79)(H,80,81)(H,82,83)/p+1. The smallest absolute Gasteiger partial charge is 0.320 e. The number of carbonyl (C=O) groups excluding carboxylic acids is 5. The van der Waals surface area contributed by atoms with E-state index in [2.05, 4.69) is 16.0 Å². The monoisotopic (exact) mass is 1220 g/mol. The fraction of sp³-hybridized carbons (Fsp3) is 0.720. The zero-order chi connectivity index (χ0) is 63.8. The molecule has 5 amide bonds. The second-order valence-electron chi connectivity index (χ2n) is 21.7. The number of rotatable bonds is 43. The van der Waals surface area contributed by atoms with Crippen molar-refractivity contribution >= 4 is 95.0 Å². The van der Waals surface area contributed by atoms with Crippen LogP contribution in [0.15, 0.2) is 0 Å². The van der Waals surface area contributed by atoms with Gasteiger partial charge in [0, 0.05) is 83.5 Å². The van der Waals surface area contributed by atoms with Crippen molar-refractivity contribution in [2.24, 2.45) is 0 Å². The Kier molecular flexibility index (Phi) is 29.9. The van der Waals surface area contributed by atoms with Crippen LogP contribution in [0.4, 0.5) is 0 Å². The van der Waals surface area contributed by atoms with Crippen LogP contribution in [0.2, 0.25) is 0 Å². The molecule has 33 nitrogen and oxygen atoms in total. The summed E-state index contributed by atoms with van der Waals surface area (Å²) in [7, 11) is 0. The molecule has 14 N–H and O–H groups in total. The lowest BCUT2D eigenvalue weighted by Gasteiger charge is -2.33. The van der Waals surface area contributed by atoms with Gasteiger partial charge in [-0.25, -0.2) is 0 Å². The van der Waals surface area contributed by atoms with Crippen LogP contribution >= 0.6 is 11.8 Å². The number of hydrogen-bond donors (Lipinski definition) is 13. The first-order valence-corrected chi connectivity index (χ1v) is 27.9. The van der Waals surface area contributed by atoms with Crippen LogP contribution in [-0.2, 0) is 67.1 Å². The molecule has 84 heavy (non-hydrogen) atoms. The molecule has 0 aliphatic carbocycles. The van der Waals surface area contributed by atoms with Crippen LogP contribution in [-0.4, -0.2) is 295 Å². The SMILES string of the molecule is CC1(C)CC(N2C(=O)C(SCCC(=O)N(CCCNC(=O)CCC(C(=O)O)N(CC(=O)O)CC(=O)O)CCN(CCCNC(=O)CCC(C(=O)O)N(CC(=O)O)CC(=O)O)C(=O)CCC(C(=O)O)N(CC(=O)O)CC(=O)O)CC2O)C(C)(C)[NH2+]1. The summed E-state index contributed by atoms with van der Waals surface area (Å²) in [5.41, 5.74) is -0.631. The van der Waals surface area contributed by atoms with Crippen molar-refractivity contribution in [2.75, 3.05) is 84.3 Å². The first-order chi connectivity index (χ1) is 39.0. The van der Waals surface area contributed by atoms with Gasteiger partial charge in [0.05, 0.1) is 56.1 Å². The number of likely N-dealkylation sites (tertiary alicyclic amines) is 1. The van der Waals surface area contributed by atoms with Crippen LogP contribution in [0.25, 0.3) is 0 Å². The minimum absolute atomic E-state index is 0.0281. The molecule has 6 unspecified atom stereocenters. The summed E-state index contributed by atoms with van der Waals surface area (Å²) in [4.78, 5) is 179. The molecule has 0 aromatic heterocycles. The second kappa shape index (κ2) is 34.5. The summed E-state index contributed by atoms with van der Waals surface area (Å²) in [5.74, 6) is -17.0. The Labute approximate surface area is 486 Å². The highest BCUT2D eigenvalue weighted by Gasteiger charge is 2.56. The van der Waals surface area contributed by atoms with Crippen LogP contribution in [0.1, 0.15) is 98.3 Å². The number of carboxylic acids is 9. The summed E-state index contributed by atoms with van der Waals surface area (Å²) in [6, 6.07) is -5.44. The largest absolute Gasteiger partial charge is 0.480 e. The molecule has 0 spiro atoms. The van der Waals surface area contributed by atoms with E-state index < -0.39 is 190 Å². The van der Waals surface area contributed by atoms with E-state index in [-0.39, 0.29) is 88.2 Å². The maximum Gasteiger partial charge on any atom is 0.320 e. The third kappa shape index (κ3) is 25.7. The van der Waals surface area contributed by atoms with E-state index in [4.69, 9.17) is 0 Å². The van der Waals surface area contributed by atoms with Gasteiger partial charge < -0.3 is 81.7 Å². The van der Waals surface area contributed by atoms with E-state index in [1.165, 1.54) is 14.7 Å². The maximum atomic E-state index is 14.2. The van der Waals surface area contributed by atoms with Gasteiger partial charge in [0.1, 0.15) is 29.9 Å². The minimum Gasteiger partial charge on any atom is -0.480 e. The number of aliphatic hydroxyl groups excluding tert-OH is 1. The molecule has 2 saturated heterocycles. The van der Waals surface area contributed by atoms with Crippen molar-refractivity contribution in [1.29, 1.82) is 0 Å². The van der Waals surface area contributed by atoms with Crippen molar-refractivity contribution in [1.82, 2.24) is 40.0 Å². The second-order valence-corrected chi connectivity index (χ2v) is 23.0. The normalized spacial score (nSPS) is 18.2. The number of nitrogens with zero attached hydrogens (tertiary/aromatic N) is 6. The lowest BCUT2D eigenvalue weighted by atomic mass is 9.93. The quantitative estimate of drug-likeness (QED) is 0.0257.